The van der Waals surface area contributed by atoms with Gasteiger partial charge in [0, 0.05) is 6.54 Å². The number of benzene rings is 1. The van der Waals surface area contributed by atoms with Crippen LogP contribution in [0.4, 0.5) is 0 Å². The summed E-state index contributed by atoms with van der Waals surface area (Å²) < 4.78 is 0. The van der Waals surface area contributed by atoms with Crippen LogP contribution in [0.1, 0.15) is 43.2 Å². The number of unbranched alkanes of at least 4 members (excludes halogenated alkanes) is 3. The van der Waals surface area contributed by atoms with Gasteiger partial charge in [0.2, 0.25) is 0 Å². The van der Waals surface area contributed by atoms with Gasteiger partial charge >= 0.3 is 0 Å². The molecule has 0 fully saturated rings. The number of nitrogens with one attached hydrogen (secondary N) is 1. The molecule has 2 nitrogen and oxygen atoms in total. The molecule has 2 rings (SSSR count). The summed E-state index contributed by atoms with van der Waals surface area (Å²) in [4.78, 5) is 2.64. The highest BCUT2D eigenvalue weighted by Gasteiger charge is 2.12. The first-order chi connectivity index (χ1) is 9.40. The van der Waals surface area contributed by atoms with Crippen molar-refractivity contribution in [2.75, 3.05) is 26.7 Å². The Morgan fingerprint density at radius 1 is 1.05 bits per heavy atom. The highest BCUT2D eigenvalue weighted by molar-refractivity contribution is 5.27. The zero-order valence-corrected chi connectivity index (χ0v) is 12.3. The lowest BCUT2D eigenvalue weighted by molar-refractivity contribution is 0.263. The summed E-state index contributed by atoms with van der Waals surface area (Å²) in [6.45, 7) is 4.86. The van der Waals surface area contributed by atoms with Crippen molar-refractivity contribution in [2.45, 2.75) is 45.1 Å². The third-order valence-electron chi connectivity index (χ3n) is 4.08. The topological polar surface area (TPSA) is 15.3 Å². The van der Waals surface area contributed by atoms with Crippen molar-refractivity contribution in [3.8, 4) is 0 Å². The van der Waals surface area contributed by atoms with Gasteiger partial charge in [0.1, 0.15) is 0 Å². The van der Waals surface area contributed by atoms with E-state index >= 15 is 0 Å². The fraction of sp³-hybridized carbons (Fsp3) is 0.647. The Labute approximate surface area is 118 Å². The molecule has 0 saturated heterocycles. The van der Waals surface area contributed by atoms with Gasteiger partial charge in [0.25, 0.3) is 0 Å². The van der Waals surface area contributed by atoms with Crippen molar-refractivity contribution in [2.24, 2.45) is 0 Å². The van der Waals surface area contributed by atoms with Crippen LogP contribution in [0.3, 0.4) is 0 Å². The molecule has 1 N–H and O–H groups in total. The van der Waals surface area contributed by atoms with Gasteiger partial charge in [-0.05, 0) is 63.5 Å². The Bertz CT molecular complexity index is 362. The van der Waals surface area contributed by atoms with Crippen LogP contribution in [0.2, 0.25) is 0 Å². The van der Waals surface area contributed by atoms with Gasteiger partial charge in [0.05, 0.1) is 0 Å². The molecule has 2 heteroatoms. The fourth-order valence-corrected chi connectivity index (χ4v) is 2.95. The first kappa shape index (κ1) is 14.5. The Balaban J connectivity index is 1.70. The van der Waals surface area contributed by atoms with Crippen LogP contribution in [0.25, 0.3) is 0 Å². The molecule has 106 valence electrons. The quantitative estimate of drug-likeness (QED) is 0.757. The molecule has 0 unspecified atom stereocenters. The highest BCUT2D eigenvalue weighted by atomic mass is 15.1. The molecule has 0 radical (unpaired) electrons. The predicted octanol–water partition coefficient (Wildman–Crippen LogP) is 3.21. The van der Waals surface area contributed by atoms with Crippen molar-refractivity contribution < 1.29 is 0 Å². The summed E-state index contributed by atoms with van der Waals surface area (Å²) in [5, 5.41) is 3.22. The third kappa shape index (κ3) is 4.96. The van der Waals surface area contributed by atoms with Gasteiger partial charge in [-0.1, -0.05) is 37.1 Å². The zero-order valence-electron chi connectivity index (χ0n) is 12.3. The van der Waals surface area contributed by atoms with Gasteiger partial charge in [-0.15, -0.1) is 0 Å². The minimum atomic E-state index is 1.16. The summed E-state index contributed by atoms with van der Waals surface area (Å²) in [5.74, 6) is 0. The van der Waals surface area contributed by atoms with Gasteiger partial charge in [-0.25, -0.2) is 0 Å². The third-order valence-corrected chi connectivity index (χ3v) is 4.08. The summed E-state index contributed by atoms with van der Waals surface area (Å²) in [5.41, 5.74) is 3.12. The SMILES string of the molecule is CNCCCCCCN1CCCc2ccccc2C1. The molecule has 0 saturated carbocycles. The van der Waals surface area contributed by atoms with E-state index in [4.69, 9.17) is 0 Å². The van der Waals surface area contributed by atoms with Crippen LogP contribution in [0, 0.1) is 0 Å². The lowest BCUT2D eigenvalue weighted by Gasteiger charge is -2.20. The second-order valence-corrected chi connectivity index (χ2v) is 5.67. The maximum Gasteiger partial charge on any atom is 0.0236 e. The van der Waals surface area contributed by atoms with E-state index in [1.807, 2.05) is 7.05 Å². The van der Waals surface area contributed by atoms with Crippen molar-refractivity contribution in [1.82, 2.24) is 10.2 Å². The van der Waals surface area contributed by atoms with Crippen LogP contribution in [-0.2, 0) is 13.0 Å². The summed E-state index contributed by atoms with van der Waals surface area (Å²) in [6.07, 6.45) is 7.99. The molecular formula is C17H28N2. The molecule has 0 aliphatic carbocycles. The van der Waals surface area contributed by atoms with Crippen molar-refractivity contribution in [3.63, 3.8) is 0 Å². The first-order valence-corrected chi connectivity index (χ1v) is 7.84. The summed E-state index contributed by atoms with van der Waals surface area (Å²) in [6, 6.07) is 8.97. The minimum absolute atomic E-state index is 1.16. The molecule has 1 aromatic carbocycles. The van der Waals surface area contributed by atoms with Crippen molar-refractivity contribution >= 4 is 0 Å². The van der Waals surface area contributed by atoms with E-state index in [2.05, 4.69) is 34.5 Å². The molecule has 19 heavy (non-hydrogen) atoms. The largest absolute Gasteiger partial charge is 0.320 e. The number of fused-ring (bicyclic) bond motifs is 1. The Kier molecular flexibility index (Phi) is 6.38. The van der Waals surface area contributed by atoms with Gasteiger partial charge < -0.3 is 5.32 Å². The van der Waals surface area contributed by atoms with Gasteiger partial charge in [-0.3, -0.25) is 4.90 Å². The van der Waals surface area contributed by atoms with E-state index in [9.17, 15) is 0 Å². The molecule has 1 heterocycles. The molecule has 1 aliphatic rings. The van der Waals surface area contributed by atoms with Gasteiger partial charge in [0.15, 0.2) is 0 Å². The molecule has 0 amide bonds. The number of hydrogen-bond acceptors (Lipinski definition) is 2. The number of nitrogens with zero attached hydrogens (tertiary/aromatic N) is 1. The minimum Gasteiger partial charge on any atom is -0.320 e. The Hall–Kier alpha value is -0.860. The van der Waals surface area contributed by atoms with Crippen LogP contribution < -0.4 is 5.32 Å². The lowest BCUT2D eigenvalue weighted by Crippen LogP contribution is -2.24. The van der Waals surface area contributed by atoms with Crippen molar-refractivity contribution in [3.05, 3.63) is 35.4 Å². The second kappa shape index (κ2) is 8.34. The number of aryl methyl sites for hydroxylation is 1. The van der Waals surface area contributed by atoms with E-state index in [1.54, 1.807) is 11.1 Å². The van der Waals surface area contributed by atoms with Gasteiger partial charge in [-0.2, -0.15) is 0 Å². The number of hydrogen-bond donors (Lipinski definition) is 1. The second-order valence-electron chi connectivity index (χ2n) is 5.67. The molecule has 0 bridgehead atoms. The van der Waals surface area contributed by atoms with E-state index in [0.717, 1.165) is 13.1 Å². The molecule has 0 spiro atoms. The van der Waals surface area contributed by atoms with E-state index < -0.39 is 0 Å². The van der Waals surface area contributed by atoms with Crippen LogP contribution in [-0.4, -0.2) is 31.6 Å². The molecular weight excluding hydrogens is 232 g/mol. The average Bonchev–Trinajstić information content (AvgIpc) is 2.64. The molecule has 0 atom stereocenters. The van der Waals surface area contributed by atoms with E-state index in [1.165, 1.54) is 51.6 Å². The standard InChI is InChI=1S/C17H28N2/c1-18-12-6-2-3-7-13-19-14-8-11-16-9-4-5-10-17(16)15-19/h4-5,9-10,18H,2-3,6-8,11-15H2,1H3. The van der Waals surface area contributed by atoms with E-state index in [-0.39, 0.29) is 0 Å². The molecule has 1 aromatic rings. The average molecular weight is 260 g/mol. The summed E-state index contributed by atoms with van der Waals surface area (Å²) >= 11 is 0. The fourth-order valence-electron chi connectivity index (χ4n) is 2.95. The van der Waals surface area contributed by atoms with E-state index in [0.29, 0.717) is 0 Å². The van der Waals surface area contributed by atoms with Crippen molar-refractivity contribution in [1.29, 1.82) is 0 Å². The molecule has 1 aliphatic heterocycles. The zero-order chi connectivity index (χ0) is 13.3. The van der Waals surface area contributed by atoms with Crippen LogP contribution >= 0.6 is 0 Å². The Morgan fingerprint density at radius 2 is 1.84 bits per heavy atom. The predicted molar refractivity (Wildman–Crippen MR) is 82.4 cm³/mol. The van der Waals surface area contributed by atoms with Crippen LogP contribution in [0.15, 0.2) is 24.3 Å². The normalized spacial score (nSPS) is 16.1. The number of rotatable bonds is 7. The maximum atomic E-state index is 3.22. The maximum absolute atomic E-state index is 3.22. The molecule has 0 aromatic heterocycles. The Morgan fingerprint density at radius 3 is 2.68 bits per heavy atom. The van der Waals surface area contributed by atoms with Crippen LogP contribution in [0.5, 0.6) is 0 Å². The smallest absolute Gasteiger partial charge is 0.0236 e. The lowest BCUT2D eigenvalue weighted by atomic mass is 10.0. The summed E-state index contributed by atoms with van der Waals surface area (Å²) in [7, 11) is 2.04. The first-order valence-electron chi connectivity index (χ1n) is 7.84. The highest BCUT2D eigenvalue weighted by Crippen LogP contribution is 2.18. The monoisotopic (exact) mass is 260 g/mol.